The van der Waals surface area contributed by atoms with Crippen molar-refractivity contribution in [2.45, 2.75) is 25.4 Å². The highest BCUT2D eigenvalue weighted by Gasteiger charge is 2.14. The Bertz CT molecular complexity index is 639. The van der Waals surface area contributed by atoms with E-state index in [1.807, 2.05) is 12.1 Å². The molecule has 3 rings (SSSR count). The Balaban J connectivity index is 1.80. The second kappa shape index (κ2) is 5.94. The fourth-order valence-corrected chi connectivity index (χ4v) is 2.66. The van der Waals surface area contributed by atoms with Crippen LogP contribution in [0.15, 0.2) is 36.4 Å². The first-order valence-electron chi connectivity index (χ1n) is 7.12. The normalized spacial score (nSPS) is 18.6. The Morgan fingerprint density at radius 1 is 1.20 bits per heavy atom. The summed E-state index contributed by atoms with van der Waals surface area (Å²) in [6.07, 6.45) is 3.03. The van der Waals surface area contributed by atoms with Gasteiger partial charge in [0, 0.05) is 6.54 Å². The third-order valence-corrected chi connectivity index (χ3v) is 3.71. The number of nitrogens with one attached hydrogen (secondary N) is 1. The van der Waals surface area contributed by atoms with Gasteiger partial charge < -0.3 is 10.1 Å². The average Bonchev–Trinajstić information content (AvgIpc) is 2.49. The monoisotopic (exact) mass is 266 g/mol. The topological polar surface area (TPSA) is 45.0 Å². The van der Waals surface area contributed by atoms with Gasteiger partial charge in [0.25, 0.3) is 0 Å². The number of benzene rings is 2. The summed E-state index contributed by atoms with van der Waals surface area (Å²) >= 11 is 0. The van der Waals surface area contributed by atoms with Gasteiger partial charge in [0.15, 0.2) is 0 Å². The number of ether oxygens (including phenoxy) is 1. The molecule has 20 heavy (non-hydrogen) atoms. The first-order chi connectivity index (χ1) is 9.85. The molecule has 1 N–H and O–H groups in total. The molecular weight excluding hydrogens is 248 g/mol. The maximum absolute atomic E-state index is 8.74. The summed E-state index contributed by atoms with van der Waals surface area (Å²) in [4.78, 5) is 0. The van der Waals surface area contributed by atoms with Crippen molar-refractivity contribution in [2.24, 2.45) is 0 Å². The average molecular weight is 266 g/mol. The van der Waals surface area contributed by atoms with E-state index in [-0.39, 0.29) is 6.10 Å². The zero-order valence-electron chi connectivity index (χ0n) is 11.4. The summed E-state index contributed by atoms with van der Waals surface area (Å²) in [6, 6.07) is 14.5. The van der Waals surface area contributed by atoms with Crippen LogP contribution in [-0.2, 0) is 6.42 Å². The highest BCUT2D eigenvalue weighted by molar-refractivity contribution is 5.84. The molecule has 1 atom stereocenters. The molecule has 0 amide bonds. The van der Waals surface area contributed by atoms with Crippen molar-refractivity contribution < 1.29 is 4.74 Å². The molecule has 1 saturated heterocycles. The van der Waals surface area contributed by atoms with Crippen LogP contribution in [0.1, 0.15) is 18.4 Å². The molecule has 2 aromatic rings. The summed E-state index contributed by atoms with van der Waals surface area (Å²) in [5.74, 6) is 0.930. The zero-order valence-corrected chi connectivity index (χ0v) is 11.4. The highest BCUT2D eigenvalue weighted by atomic mass is 16.5. The Morgan fingerprint density at radius 3 is 2.85 bits per heavy atom. The van der Waals surface area contributed by atoms with Crippen molar-refractivity contribution in [2.75, 3.05) is 13.1 Å². The minimum atomic E-state index is 0.277. The van der Waals surface area contributed by atoms with E-state index in [1.54, 1.807) is 0 Å². The molecule has 2 aromatic carbocycles. The van der Waals surface area contributed by atoms with Crippen LogP contribution in [0.5, 0.6) is 5.75 Å². The Kier molecular flexibility index (Phi) is 3.85. The standard InChI is InChI=1S/C17H18N2O/c18-8-7-13-3-4-15-11-16(6-5-14(15)10-13)20-17-2-1-9-19-12-17/h3-6,10-11,17,19H,1-2,7,9,12H2. The number of hydrogen-bond acceptors (Lipinski definition) is 3. The molecule has 0 saturated carbocycles. The van der Waals surface area contributed by atoms with Crippen molar-refractivity contribution in [1.82, 2.24) is 5.32 Å². The van der Waals surface area contributed by atoms with Gasteiger partial charge in [-0.2, -0.15) is 5.26 Å². The SMILES string of the molecule is N#CCc1ccc2cc(OC3CCCNC3)ccc2c1. The van der Waals surface area contributed by atoms with Gasteiger partial charge in [-0.05, 0) is 47.9 Å². The Hall–Kier alpha value is -2.05. The second-order valence-corrected chi connectivity index (χ2v) is 5.26. The Morgan fingerprint density at radius 2 is 2.05 bits per heavy atom. The van der Waals surface area contributed by atoms with Gasteiger partial charge in [0.05, 0.1) is 12.5 Å². The van der Waals surface area contributed by atoms with Crippen LogP contribution in [0.3, 0.4) is 0 Å². The van der Waals surface area contributed by atoms with E-state index < -0.39 is 0 Å². The largest absolute Gasteiger partial charge is 0.489 e. The van der Waals surface area contributed by atoms with Crippen LogP contribution < -0.4 is 10.1 Å². The van der Waals surface area contributed by atoms with Gasteiger partial charge >= 0.3 is 0 Å². The third kappa shape index (κ3) is 2.92. The minimum absolute atomic E-state index is 0.277. The summed E-state index contributed by atoms with van der Waals surface area (Å²) in [6.45, 7) is 2.03. The molecule has 1 heterocycles. The quantitative estimate of drug-likeness (QED) is 0.928. The fraction of sp³-hybridized carbons (Fsp3) is 0.353. The second-order valence-electron chi connectivity index (χ2n) is 5.26. The summed E-state index contributed by atoms with van der Waals surface area (Å²) < 4.78 is 6.03. The molecule has 0 aromatic heterocycles. The summed E-state index contributed by atoms with van der Waals surface area (Å²) in [5, 5.41) is 14.4. The predicted molar refractivity (Wildman–Crippen MR) is 79.8 cm³/mol. The maximum atomic E-state index is 8.74. The van der Waals surface area contributed by atoms with Crippen LogP contribution in [0, 0.1) is 11.3 Å². The molecule has 3 heteroatoms. The van der Waals surface area contributed by atoms with Crippen LogP contribution >= 0.6 is 0 Å². The van der Waals surface area contributed by atoms with Crippen molar-refractivity contribution in [3.63, 3.8) is 0 Å². The lowest BCUT2D eigenvalue weighted by Crippen LogP contribution is -2.37. The highest BCUT2D eigenvalue weighted by Crippen LogP contribution is 2.24. The lowest BCUT2D eigenvalue weighted by Gasteiger charge is -2.24. The molecule has 3 nitrogen and oxygen atoms in total. The third-order valence-electron chi connectivity index (χ3n) is 3.71. The number of nitriles is 1. The van der Waals surface area contributed by atoms with Crippen LogP contribution in [0.2, 0.25) is 0 Å². The van der Waals surface area contributed by atoms with Gasteiger partial charge in [0.2, 0.25) is 0 Å². The molecular formula is C17H18N2O. The molecule has 1 aliphatic rings. The zero-order chi connectivity index (χ0) is 13.8. The van der Waals surface area contributed by atoms with Gasteiger partial charge in [0.1, 0.15) is 11.9 Å². The first kappa shape index (κ1) is 13.0. The van der Waals surface area contributed by atoms with Crippen LogP contribution in [-0.4, -0.2) is 19.2 Å². The minimum Gasteiger partial charge on any atom is -0.489 e. The van der Waals surface area contributed by atoms with Gasteiger partial charge in [-0.25, -0.2) is 0 Å². The van der Waals surface area contributed by atoms with E-state index in [9.17, 15) is 0 Å². The van der Waals surface area contributed by atoms with Crippen LogP contribution in [0.4, 0.5) is 0 Å². The van der Waals surface area contributed by atoms with E-state index in [2.05, 4.69) is 35.7 Å². The number of fused-ring (bicyclic) bond motifs is 1. The van der Waals surface area contributed by atoms with Crippen molar-refractivity contribution in [3.8, 4) is 11.8 Å². The molecule has 1 unspecified atom stereocenters. The predicted octanol–water partition coefficient (Wildman–Crippen LogP) is 3.04. The molecule has 0 radical (unpaired) electrons. The molecule has 0 spiro atoms. The number of hydrogen-bond donors (Lipinski definition) is 1. The van der Waals surface area contributed by atoms with E-state index in [0.717, 1.165) is 41.6 Å². The number of nitrogens with zero attached hydrogens (tertiary/aromatic N) is 1. The number of rotatable bonds is 3. The van der Waals surface area contributed by atoms with E-state index in [0.29, 0.717) is 6.42 Å². The van der Waals surface area contributed by atoms with Gasteiger partial charge in [-0.1, -0.05) is 24.3 Å². The molecule has 0 aliphatic carbocycles. The maximum Gasteiger partial charge on any atom is 0.120 e. The molecule has 102 valence electrons. The molecule has 0 bridgehead atoms. The van der Waals surface area contributed by atoms with Gasteiger partial charge in [-0.15, -0.1) is 0 Å². The smallest absolute Gasteiger partial charge is 0.120 e. The van der Waals surface area contributed by atoms with Gasteiger partial charge in [-0.3, -0.25) is 0 Å². The van der Waals surface area contributed by atoms with E-state index >= 15 is 0 Å². The van der Waals surface area contributed by atoms with Crippen molar-refractivity contribution in [3.05, 3.63) is 42.0 Å². The van der Waals surface area contributed by atoms with E-state index in [1.165, 1.54) is 6.42 Å². The first-order valence-corrected chi connectivity index (χ1v) is 7.12. The Labute approximate surface area is 119 Å². The van der Waals surface area contributed by atoms with Crippen molar-refractivity contribution in [1.29, 1.82) is 5.26 Å². The molecule has 1 fully saturated rings. The lowest BCUT2D eigenvalue weighted by atomic mass is 10.1. The van der Waals surface area contributed by atoms with E-state index in [4.69, 9.17) is 10.00 Å². The summed E-state index contributed by atoms with van der Waals surface area (Å²) in [7, 11) is 0. The van der Waals surface area contributed by atoms with Crippen molar-refractivity contribution >= 4 is 10.8 Å². The fourth-order valence-electron chi connectivity index (χ4n) is 2.66. The van der Waals surface area contributed by atoms with Crippen LogP contribution in [0.25, 0.3) is 10.8 Å². The number of piperidine rings is 1. The lowest BCUT2D eigenvalue weighted by molar-refractivity contribution is 0.167. The summed E-state index contributed by atoms with van der Waals surface area (Å²) in [5.41, 5.74) is 1.06. The molecule has 1 aliphatic heterocycles.